The van der Waals surface area contributed by atoms with Crippen LogP contribution in [0.5, 0.6) is 5.88 Å². The third-order valence-electron chi connectivity index (χ3n) is 5.41. The SMILES string of the molecule is CCCc1cc(OCc2cc(Cl)ccc2F)n(CCC2(OC)CCCC2)n1. The van der Waals surface area contributed by atoms with Crippen LogP contribution in [0.4, 0.5) is 4.39 Å². The molecule has 0 aliphatic heterocycles. The second kappa shape index (κ2) is 9.07. The molecule has 0 N–H and O–H groups in total. The van der Waals surface area contributed by atoms with Crippen molar-refractivity contribution in [2.45, 2.75) is 70.6 Å². The molecular formula is C21H28ClFN2O2. The van der Waals surface area contributed by atoms with E-state index in [-0.39, 0.29) is 18.0 Å². The molecule has 1 aromatic heterocycles. The van der Waals surface area contributed by atoms with Crippen molar-refractivity contribution in [3.05, 3.63) is 46.4 Å². The highest BCUT2D eigenvalue weighted by molar-refractivity contribution is 6.30. The number of aryl methyl sites for hydroxylation is 2. The molecule has 0 spiro atoms. The standard InChI is InChI=1S/C21H28ClFN2O2/c1-3-6-18-14-20(27-15-16-13-17(22)7-8-19(16)23)25(24-18)12-11-21(26-2)9-4-5-10-21/h7-8,13-14H,3-6,9-12,15H2,1-2H3. The normalized spacial score (nSPS) is 16.0. The third kappa shape index (κ3) is 5.02. The lowest BCUT2D eigenvalue weighted by Gasteiger charge is -2.27. The van der Waals surface area contributed by atoms with Crippen LogP contribution in [0.2, 0.25) is 5.02 Å². The topological polar surface area (TPSA) is 36.3 Å². The average molecular weight is 395 g/mol. The van der Waals surface area contributed by atoms with Crippen LogP contribution < -0.4 is 4.74 Å². The molecule has 2 aromatic rings. The minimum absolute atomic E-state index is 0.0484. The first kappa shape index (κ1) is 20.2. The van der Waals surface area contributed by atoms with Crippen molar-refractivity contribution < 1.29 is 13.9 Å². The molecule has 1 aliphatic carbocycles. The number of hydrogen-bond donors (Lipinski definition) is 0. The van der Waals surface area contributed by atoms with Crippen LogP contribution in [0.1, 0.15) is 56.7 Å². The first-order chi connectivity index (χ1) is 13.0. The fourth-order valence-corrected chi connectivity index (χ4v) is 3.99. The maximum Gasteiger partial charge on any atom is 0.212 e. The minimum atomic E-state index is -0.316. The van der Waals surface area contributed by atoms with Gasteiger partial charge in [-0.1, -0.05) is 37.8 Å². The zero-order valence-electron chi connectivity index (χ0n) is 16.1. The van der Waals surface area contributed by atoms with Gasteiger partial charge < -0.3 is 9.47 Å². The Morgan fingerprint density at radius 3 is 2.74 bits per heavy atom. The molecule has 0 atom stereocenters. The summed E-state index contributed by atoms with van der Waals surface area (Å²) < 4.78 is 27.6. The minimum Gasteiger partial charge on any atom is -0.473 e. The predicted octanol–water partition coefficient (Wildman–Crippen LogP) is 5.56. The highest BCUT2D eigenvalue weighted by Crippen LogP contribution is 2.36. The van der Waals surface area contributed by atoms with Gasteiger partial charge in [0.25, 0.3) is 0 Å². The lowest BCUT2D eigenvalue weighted by Crippen LogP contribution is -2.29. The number of halogens is 2. The quantitative estimate of drug-likeness (QED) is 0.558. The predicted molar refractivity (Wildman–Crippen MR) is 105 cm³/mol. The van der Waals surface area contributed by atoms with Crippen LogP contribution in [0, 0.1) is 5.82 Å². The molecule has 27 heavy (non-hydrogen) atoms. The van der Waals surface area contributed by atoms with Gasteiger partial charge in [0.2, 0.25) is 5.88 Å². The fraction of sp³-hybridized carbons (Fsp3) is 0.571. The third-order valence-corrected chi connectivity index (χ3v) is 5.65. The van der Waals surface area contributed by atoms with Gasteiger partial charge in [0.05, 0.1) is 11.3 Å². The fourth-order valence-electron chi connectivity index (χ4n) is 3.80. The van der Waals surface area contributed by atoms with Gasteiger partial charge in [0.15, 0.2) is 0 Å². The van der Waals surface area contributed by atoms with E-state index in [9.17, 15) is 4.39 Å². The molecule has 148 valence electrons. The van der Waals surface area contributed by atoms with Gasteiger partial charge in [0, 0.05) is 30.3 Å². The lowest BCUT2D eigenvalue weighted by molar-refractivity contribution is -0.0156. The highest BCUT2D eigenvalue weighted by Gasteiger charge is 2.33. The molecule has 1 heterocycles. The molecule has 3 rings (SSSR count). The Bertz CT molecular complexity index is 757. The Kier molecular flexibility index (Phi) is 6.77. The van der Waals surface area contributed by atoms with Crippen LogP contribution >= 0.6 is 11.6 Å². The van der Waals surface area contributed by atoms with E-state index in [2.05, 4.69) is 6.92 Å². The molecule has 0 amide bonds. The van der Waals surface area contributed by atoms with Crippen molar-refractivity contribution >= 4 is 11.6 Å². The Balaban J connectivity index is 1.72. The van der Waals surface area contributed by atoms with Crippen LogP contribution in [0.15, 0.2) is 24.3 Å². The van der Waals surface area contributed by atoms with Crippen molar-refractivity contribution in [3.63, 3.8) is 0 Å². The van der Waals surface area contributed by atoms with Gasteiger partial charge in [-0.05, 0) is 43.9 Å². The zero-order chi connectivity index (χ0) is 19.3. The summed E-state index contributed by atoms with van der Waals surface area (Å²) in [6, 6.07) is 6.46. The second-order valence-corrected chi connectivity index (χ2v) is 7.75. The van der Waals surface area contributed by atoms with E-state index in [1.54, 1.807) is 13.2 Å². The van der Waals surface area contributed by atoms with Crippen molar-refractivity contribution in [1.29, 1.82) is 0 Å². The molecular weight excluding hydrogens is 367 g/mol. The molecule has 1 aliphatic rings. The second-order valence-electron chi connectivity index (χ2n) is 7.32. The van der Waals surface area contributed by atoms with Crippen LogP contribution in [0.3, 0.4) is 0 Å². The summed E-state index contributed by atoms with van der Waals surface area (Å²) >= 11 is 5.98. The highest BCUT2D eigenvalue weighted by atomic mass is 35.5. The summed E-state index contributed by atoms with van der Waals surface area (Å²) in [4.78, 5) is 0. The van der Waals surface area contributed by atoms with Crippen molar-refractivity contribution in [2.24, 2.45) is 0 Å². The van der Waals surface area contributed by atoms with E-state index >= 15 is 0 Å². The molecule has 0 unspecified atom stereocenters. The molecule has 0 bridgehead atoms. The van der Waals surface area contributed by atoms with Gasteiger partial charge >= 0.3 is 0 Å². The lowest BCUT2D eigenvalue weighted by atomic mass is 9.98. The monoisotopic (exact) mass is 394 g/mol. The molecule has 0 saturated heterocycles. The van der Waals surface area contributed by atoms with Crippen LogP contribution in [-0.4, -0.2) is 22.5 Å². The molecule has 1 saturated carbocycles. The summed E-state index contributed by atoms with van der Waals surface area (Å²) in [6.07, 6.45) is 7.42. The summed E-state index contributed by atoms with van der Waals surface area (Å²) in [6.45, 7) is 2.98. The maximum absolute atomic E-state index is 14.0. The van der Waals surface area contributed by atoms with E-state index in [1.165, 1.54) is 25.0 Å². The maximum atomic E-state index is 14.0. The largest absolute Gasteiger partial charge is 0.473 e. The summed E-state index contributed by atoms with van der Waals surface area (Å²) in [5.74, 6) is 0.352. The van der Waals surface area contributed by atoms with Gasteiger partial charge in [0.1, 0.15) is 12.4 Å². The number of methoxy groups -OCH3 is 1. The number of aromatic nitrogens is 2. The summed E-state index contributed by atoms with van der Waals surface area (Å²) in [7, 11) is 1.80. The van der Waals surface area contributed by atoms with Crippen LogP contribution in [0.25, 0.3) is 0 Å². The Morgan fingerprint density at radius 2 is 2.04 bits per heavy atom. The van der Waals surface area contributed by atoms with E-state index < -0.39 is 0 Å². The van der Waals surface area contributed by atoms with Gasteiger partial charge in [-0.15, -0.1) is 0 Å². The van der Waals surface area contributed by atoms with E-state index in [0.717, 1.165) is 44.3 Å². The molecule has 1 aromatic carbocycles. The number of nitrogens with zero attached hydrogens (tertiary/aromatic N) is 2. The van der Waals surface area contributed by atoms with Crippen molar-refractivity contribution in [3.8, 4) is 5.88 Å². The molecule has 6 heteroatoms. The molecule has 0 radical (unpaired) electrons. The number of ether oxygens (including phenoxy) is 2. The van der Waals surface area contributed by atoms with E-state index in [0.29, 0.717) is 16.5 Å². The molecule has 4 nitrogen and oxygen atoms in total. The summed E-state index contributed by atoms with van der Waals surface area (Å²) in [5, 5.41) is 5.19. The van der Waals surface area contributed by atoms with E-state index in [1.807, 2.05) is 10.7 Å². The summed E-state index contributed by atoms with van der Waals surface area (Å²) in [5.41, 5.74) is 1.39. The first-order valence-electron chi connectivity index (χ1n) is 9.74. The Labute approximate surface area is 165 Å². The van der Waals surface area contributed by atoms with Gasteiger partial charge in [-0.3, -0.25) is 0 Å². The van der Waals surface area contributed by atoms with Gasteiger partial charge in [-0.2, -0.15) is 5.10 Å². The number of rotatable bonds is 9. The van der Waals surface area contributed by atoms with E-state index in [4.69, 9.17) is 26.2 Å². The van der Waals surface area contributed by atoms with Crippen molar-refractivity contribution in [2.75, 3.05) is 7.11 Å². The smallest absolute Gasteiger partial charge is 0.212 e. The average Bonchev–Trinajstić information content (AvgIpc) is 3.28. The number of hydrogen-bond acceptors (Lipinski definition) is 3. The van der Waals surface area contributed by atoms with Gasteiger partial charge in [-0.25, -0.2) is 9.07 Å². The molecule has 1 fully saturated rings. The Hall–Kier alpha value is -1.59. The Morgan fingerprint density at radius 1 is 1.26 bits per heavy atom. The van der Waals surface area contributed by atoms with Crippen LogP contribution in [-0.2, 0) is 24.3 Å². The number of benzene rings is 1. The first-order valence-corrected chi connectivity index (χ1v) is 10.1. The zero-order valence-corrected chi connectivity index (χ0v) is 16.9. The van der Waals surface area contributed by atoms with Crippen molar-refractivity contribution in [1.82, 2.24) is 9.78 Å².